The van der Waals surface area contributed by atoms with E-state index >= 15 is 0 Å². The van der Waals surface area contributed by atoms with Crippen LogP contribution in [0.1, 0.15) is 71.5 Å². The lowest BCUT2D eigenvalue weighted by atomic mass is 9.84. The Labute approximate surface area is 260 Å². The average Bonchev–Trinajstić information content (AvgIpc) is 3.40. The molecule has 45 heavy (non-hydrogen) atoms. The van der Waals surface area contributed by atoms with Crippen molar-refractivity contribution in [2.75, 3.05) is 16.8 Å². The van der Waals surface area contributed by atoms with Crippen LogP contribution in [-0.2, 0) is 17.5 Å². The minimum absolute atomic E-state index is 0.00549. The number of nitrogens with zero attached hydrogens (tertiary/aromatic N) is 2. The summed E-state index contributed by atoms with van der Waals surface area (Å²) in [6.45, 7) is 0.0594. The van der Waals surface area contributed by atoms with Crippen molar-refractivity contribution in [1.29, 1.82) is 0 Å². The zero-order chi connectivity index (χ0) is 32.1. The van der Waals surface area contributed by atoms with Gasteiger partial charge in [0.25, 0.3) is 5.91 Å². The number of aliphatic carboxylic acids is 1. The third-order valence-corrected chi connectivity index (χ3v) is 8.64. The number of carbonyl (C=O) groups is 3. The van der Waals surface area contributed by atoms with Gasteiger partial charge in [0.2, 0.25) is 0 Å². The SMILES string of the molecule is O=C(O)CCNC(=O)c1ccc(CN(C(=O)Nc2nc3cc(F)c(C(F)(F)F)cc3s2)c2ccc(C3CCCCC3)cc2)cc1. The molecule has 0 atom stereocenters. The Hall–Kier alpha value is -4.52. The van der Waals surface area contributed by atoms with Crippen molar-refractivity contribution in [3.63, 3.8) is 0 Å². The van der Waals surface area contributed by atoms with Gasteiger partial charge in [-0.1, -0.05) is 54.9 Å². The Morgan fingerprint density at radius 3 is 2.31 bits per heavy atom. The van der Waals surface area contributed by atoms with Gasteiger partial charge in [-0.25, -0.2) is 14.2 Å². The Kier molecular flexibility index (Phi) is 9.66. The standard InChI is InChI=1S/C32H30F4N4O4S/c33-25-17-26-27(16-24(25)32(34,35)36)45-30(38-26)39-31(44)40(23-12-10-21(11-13-23)20-4-2-1-3-5-20)18-19-6-8-22(9-7-19)29(43)37-15-14-28(41)42/h6-13,16-17,20H,1-5,14-15,18H2,(H,37,43)(H,41,42)(H,38,39,44). The number of urea groups is 1. The molecule has 3 aromatic carbocycles. The Bertz CT molecular complexity index is 1680. The van der Waals surface area contributed by atoms with Crippen molar-refractivity contribution in [1.82, 2.24) is 10.3 Å². The molecule has 236 valence electrons. The average molecular weight is 643 g/mol. The number of aromatic nitrogens is 1. The van der Waals surface area contributed by atoms with E-state index in [2.05, 4.69) is 15.6 Å². The van der Waals surface area contributed by atoms with Crippen molar-refractivity contribution in [2.24, 2.45) is 0 Å². The van der Waals surface area contributed by atoms with E-state index in [9.17, 15) is 31.9 Å². The fourth-order valence-corrected chi connectivity index (χ4v) is 6.23. The first-order valence-corrected chi connectivity index (χ1v) is 15.2. The summed E-state index contributed by atoms with van der Waals surface area (Å²) in [6.07, 6.45) is 0.695. The molecule has 0 saturated heterocycles. The topological polar surface area (TPSA) is 112 Å². The van der Waals surface area contributed by atoms with E-state index in [1.165, 1.54) is 29.7 Å². The molecule has 8 nitrogen and oxygen atoms in total. The number of rotatable bonds is 9. The molecule has 1 heterocycles. The van der Waals surface area contributed by atoms with Crippen LogP contribution in [0.2, 0.25) is 0 Å². The Balaban J connectivity index is 1.38. The summed E-state index contributed by atoms with van der Waals surface area (Å²) in [7, 11) is 0. The third kappa shape index (κ3) is 7.96. The van der Waals surface area contributed by atoms with E-state index < -0.39 is 35.5 Å². The van der Waals surface area contributed by atoms with Gasteiger partial charge in [0.15, 0.2) is 5.13 Å². The molecule has 0 spiro atoms. The molecule has 1 fully saturated rings. The summed E-state index contributed by atoms with van der Waals surface area (Å²) in [4.78, 5) is 42.3. The second-order valence-electron chi connectivity index (χ2n) is 10.9. The maximum atomic E-state index is 14.1. The van der Waals surface area contributed by atoms with Crippen LogP contribution in [0.15, 0.2) is 60.7 Å². The number of halogens is 4. The predicted octanol–water partition coefficient (Wildman–Crippen LogP) is 7.95. The van der Waals surface area contributed by atoms with Gasteiger partial charge in [-0.3, -0.25) is 19.8 Å². The minimum atomic E-state index is -4.87. The molecule has 4 aromatic rings. The van der Waals surface area contributed by atoms with Gasteiger partial charge in [-0.05, 0) is 60.2 Å². The summed E-state index contributed by atoms with van der Waals surface area (Å²) in [5.74, 6) is -2.46. The highest BCUT2D eigenvalue weighted by molar-refractivity contribution is 7.22. The zero-order valence-electron chi connectivity index (χ0n) is 24.0. The molecule has 5 rings (SSSR count). The van der Waals surface area contributed by atoms with Crippen molar-refractivity contribution >= 4 is 50.3 Å². The van der Waals surface area contributed by atoms with E-state index in [1.807, 2.05) is 24.3 Å². The quantitative estimate of drug-likeness (QED) is 0.161. The number of thiazole rings is 1. The van der Waals surface area contributed by atoms with Gasteiger partial charge in [-0.15, -0.1) is 0 Å². The van der Waals surface area contributed by atoms with Crippen molar-refractivity contribution in [3.05, 3.63) is 88.7 Å². The van der Waals surface area contributed by atoms with Crippen LogP contribution in [0, 0.1) is 5.82 Å². The monoisotopic (exact) mass is 642 g/mol. The molecule has 0 aliphatic heterocycles. The van der Waals surface area contributed by atoms with Crippen molar-refractivity contribution in [3.8, 4) is 0 Å². The molecule has 0 unspecified atom stereocenters. The second kappa shape index (κ2) is 13.6. The number of benzene rings is 3. The van der Waals surface area contributed by atoms with Crippen LogP contribution < -0.4 is 15.5 Å². The normalized spacial score (nSPS) is 13.9. The van der Waals surface area contributed by atoms with Crippen molar-refractivity contribution in [2.45, 2.75) is 57.2 Å². The highest BCUT2D eigenvalue weighted by Gasteiger charge is 2.35. The Morgan fingerprint density at radius 1 is 0.978 bits per heavy atom. The molecule has 13 heteroatoms. The van der Waals surface area contributed by atoms with Gasteiger partial charge in [0, 0.05) is 23.9 Å². The van der Waals surface area contributed by atoms with E-state index in [-0.39, 0.29) is 34.9 Å². The largest absolute Gasteiger partial charge is 0.481 e. The number of amides is 3. The number of anilines is 2. The molecular weight excluding hydrogens is 612 g/mol. The molecule has 3 N–H and O–H groups in total. The first kappa shape index (κ1) is 31.9. The fourth-order valence-electron chi connectivity index (χ4n) is 5.35. The fraction of sp³-hybridized carbons (Fsp3) is 0.312. The van der Waals surface area contributed by atoms with Crippen molar-refractivity contribution < 1.29 is 37.1 Å². The predicted molar refractivity (Wildman–Crippen MR) is 163 cm³/mol. The lowest BCUT2D eigenvalue weighted by molar-refractivity contribution is -0.140. The van der Waals surface area contributed by atoms with Crippen LogP contribution in [-0.4, -0.2) is 34.5 Å². The second-order valence-corrected chi connectivity index (χ2v) is 11.9. The lowest BCUT2D eigenvalue weighted by Crippen LogP contribution is -2.34. The first-order valence-electron chi connectivity index (χ1n) is 14.4. The number of carbonyl (C=O) groups excluding carboxylic acids is 2. The summed E-state index contributed by atoms with van der Waals surface area (Å²) in [5.41, 5.74) is 1.32. The number of alkyl halides is 3. The van der Waals surface area contributed by atoms with Gasteiger partial charge in [-0.2, -0.15) is 13.2 Å². The number of hydrogen-bond donors (Lipinski definition) is 3. The molecule has 0 bridgehead atoms. The summed E-state index contributed by atoms with van der Waals surface area (Å²) in [5, 5.41) is 14.0. The number of carboxylic acid groups (broad SMARTS) is 1. The number of nitrogens with one attached hydrogen (secondary N) is 2. The molecule has 1 aliphatic carbocycles. The van der Waals surface area contributed by atoms with E-state index in [4.69, 9.17) is 5.11 Å². The van der Waals surface area contributed by atoms with Gasteiger partial charge in [0.1, 0.15) is 5.82 Å². The summed E-state index contributed by atoms with van der Waals surface area (Å²) >= 11 is 0.800. The third-order valence-electron chi connectivity index (χ3n) is 7.70. The molecule has 1 saturated carbocycles. The molecule has 1 aromatic heterocycles. The van der Waals surface area contributed by atoms with Gasteiger partial charge < -0.3 is 10.4 Å². The summed E-state index contributed by atoms with van der Waals surface area (Å²) in [6, 6.07) is 14.9. The first-order chi connectivity index (χ1) is 21.5. The Morgan fingerprint density at radius 2 is 1.67 bits per heavy atom. The molecule has 3 amide bonds. The number of hydrogen-bond acceptors (Lipinski definition) is 5. The lowest BCUT2D eigenvalue weighted by Gasteiger charge is -2.25. The molecular formula is C32H30F4N4O4S. The van der Waals surface area contributed by atoms with Crippen LogP contribution >= 0.6 is 11.3 Å². The minimum Gasteiger partial charge on any atom is -0.481 e. The van der Waals surface area contributed by atoms with Crippen LogP contribution in [0.25, 0.3) is 10.2 Å². The highest BCUT2D eigenvalue weighted by atomic mass is 32.1. The number of fused-ring (bicyclic) bond motifs is 1. The van der Waals surface area contributed by atoms with E-state index in [0.717, 1.165) is 24.2 Å². The maximum Gasteiger partial charge on any atom is 0.419 e. The van der Waals surface area contributed by atoms with Gasteiger partial charge in [0.05, 0.1) is 28.7 Å². The summed E-state index contributed by atoms with van der Waals surface area (Å²) < 4.78 is 53.8. The molecule has 0 radical (unpaired) electrons. The molecule has 1 aliphatic rings. The van der Waals surface area contributed by atoms with E-state index in [1.54, 1.807) is 24.3 Å². The zero-order valence-corrected chi connectivity index (χ0v) is 24.8. The van der Waals surface area contributed by atoms with Gasteiger partial charge >= 0.3 is 18.2 Å². The maximum absolute atomic E-state index is 14.1. The smallest absolute Gasteiger partial charge is 0.419 e. The highest BCUT2D eigenvalue weighted by Crippen LogP contribution is 2.37. The van der Waals surface area contributed by atoms with E-state index in [0.29, 0.717) is 34.9 Å². The van der Waals surface area contributed by atoms with Crippen LogP contribution in [0.5, 0.6) is 0 Å². The van der Waals surface area contributed by atoms with Crippen LogP contribution in [0.4, 0.5) is 33.2 Å². The number of carboxylic acids is 1. The van der Waals surface area contributed by atoms with Crippen LogP contribution in [0.3, 0.4) is 0 Å².